The molecule has 11 heteroatoms. The van der Waals surface area contributed by atoms with Crippen molar-refractivity contribution in [1.29, 1.82) is 0 Å². The molecule has 2 aliphatic rings. The smallest absolute Gasteiger partial charge is 0.414 e. The first-order valence-electron chi connectivity index (χ1n) is 8.86. The predicted molar refractivity (Wildman–Crippen MR) is 98.3 cm³/mol. The molecule has 1 saturated heterocycles. The number of Topliss-reactive ketones (excluding diaryl/α,β-unsaturated/α-hetero) is 1. The van der Waals surface area contributed by atoms with Crippen molar-refractivity contribution >= 4 is 29.6 Å². The van der Waals surface area contributed by atoms with E-state index in [9.17, 15) is 22.8 Å². The molecule has 1 aromatic rings. The van der Waals surface area contributed by atoms with Crippen LogP contribution >= 0.6 is 0 Å². The van der Waals surface area contributed by atoms with Crippen molar-refractivity contribution in [2.75, 3.05) is 36.1 Å². The second-order valence-electron chi connectivity index (χ2n) is 6.51. The molecule has 3 rings (SSSR count). The number of halogens is 3. The number of hydrazone groups is 1. The molecule has 0 aromatic heterocycles. The number of hydrogen-bond donors (Lipinski definition) is 0. The summed E-state index contributed by atoms with van der Waals surface area (Å²) in [4.78, 5) is 29.1. The van der Waals surface area contributed by atoms with Crippen molar-refractivity contribution in [2.24, 2.45) is 5.10 Å². The van der Waals surface area contributed by atoms with Crippen molar-refractivity contribution in [3.8, 4) is 0 Å². The first-order chi connectivity index (χ1) is 13.9. The van der Waals surface area contributed by atoms with Crippen LogP contribution in [0, 0.1) is 12.4 Å². The maximum absolute atomic E-state index is 14.6. The van der Waals surface area contributed by atoms with E-state index in [1.165, 1.54) is 23.4 Å². The van der Waals surface area contributed by atoms with Gasteiger partial charge >= 0.3 is 12.8 Å². The molecule has 8 nitrogen and oxygen atoms in total. The van der Waals surface area contributed by atoms with E-state index < -0.39 is 36.6 Å². The zero-order valence-electron chi connectivity index (χ0n) is 15.3. The lowest BCUT2D eigenvalue weighted by Crippen LogP contribution is -2.38. The third-order valence-electron chi connectivity index (χ3n) is 4.57. The normalized spacial score (nSPS) is 18.9. The second kappa shape index (κ2) is 8.81. The van der Waals surface area contributed by atoms with Crippen LogP contribution in [0.2, 0.25) is 0 Å². The average Bonchev–Trinajstić information content (AvgIpc) is 3.07. The van der Waals surface area contributed by atoms with Crippen LogP contribution in [0.4, 0.5) is 29.3 Å². The number of anilines is 2. The number of alkyl halides is 2. The van der Waals surface area contributed by atoms with Gasteiger partial charge in [0.05, 0.1) is 24.5 Å². The van der Waals surface area contributed by atoms with Gasteiger partial charge in [0.2, 0.25) is 0 Å². The molecule has 0 spiro atoms. The van der Waals surface area contributed by atoms with Crippen molar-refractivity contribution in [3.05, 3.63) is 35.4 Å². The minimum atomic E-state index is -3.04. The zero-order chi connectivity index (χ0) is 21.0. The zero-order valence-corrected chi connectivity index (χ0v) is 15.3. The lowest BCUT2D eigenvalue weighted by Gasteiger charge is -2.27. The Kier molecular flexibility index (Phi) is 6.21. The van der Waals surface area contributed by atoms with Gasteiger partial charge in [0.25, 0.3) is 6.43 Å². The van der Waals surface area contributed by atoms with Crippen molar-refractivity contribution in [3.63, 3.8) is 0 Å². The van der Waals surface area contributed by atoms with Gasteiger partial charge in [-0.2, -0.15) is 5.10 Å². The monoisotopic (exact) mass is 409 g/mol. The Morgan fingerprint density at radius 3 is 2.79 bits per heavy atom. The molecule has 2 aliphatic heterocycles. The van der Waals surface area contributed by atoms with Crippen LogP contribution in [0.1, 0.15) is 12.8 Å². The van der Waals surface area contributed by atoms with Crippen LogP contribution < -0.4 is 9.80 Å². The molecule has 29 heavy (non-hydrogen) atoms. The predicted octanol–water partition coefficient (Wildman–Crippen LogP) is 2.71. The molecule has 1 amide bonds. The van der Waals surface area contributed by atoms with Gasteiger partial charge in [0.15, 0.2) is 5.78 Å². The molecule has 0 unspecified atom stereocenters. The fourth-order valence-corrected chi connectivity index (χ4v) is 3.04. The third kappa shape index (κ3) is 4.77. The summed E-state index contributed by atoms with van der Waals surface area (Å²) in [6, 6.07) is 4.23. The number of cyclic esters (lactones) is 1. The molecule has 2 heterocycles. The summed E-state index contributed by atoms with van der Waals surface area (Å²) in [6.07, 6.45) is -3.45. The minimum Gasteiger partial charge on any atom is -0.444 e. The Balaban J connectivity index is 1.64. The van der Waals surface area contributed by atoms with Crippen LogP contribution in [0.15, 0.2) is 23.3 Å². The summed E-state index contributed by atoms with van der Waals surface area (Å²) in [7, 11) is 0. The Bertz CT molecular complexity index is 858. The quantitative estimate of drug-likeness (QED) is 0.648. The molecule has 1 aromatic carbocycles. The number of amides is 1. The summed E-state index contributed by atoms with van der Waals surface area (Å²) >= 11 is 0. The molecule has 0 saturated carbocycles. The van der Waals surface area contributed by atoms with E-state index in [0.717, 1.165) is 0 Å². The first kappa shape index (κ1) is 20.4. The van der Waals surface area contributed by atoms with Gasteiger partial charge < -0.3 is 9.64 Å². The first-order valence-corrected chi connectivity index (χ1v) is 8.86. The molecule has 154 valence electrons. The highest BCUT2D eigenvalue weighted by molar-refractivity contribution is 5.90. The highest BCUT2D eigenvalue weighted by Gasteiger charge is 2.33. The number of hydrogen-bond acceptors (Lipinski definition) is 6. The van der Waals surface area contributed by atoms with Gasteiger partial charge in [-0.25, -0.2) is 29.5 Å². The molecule has 1 atom stereocenters. The summed E-state index contributed by atoms with van der Waals surface area (Å²) in [5, 5.41) is 5.64. The standard InChI is InChI=1S/C18H18F3N5O3/c1-22-10-25-7-6-24(11-23-25)15-4-2-12(8-14(15)19)26-9-13(29-18(26)28)3-5-16(27)17(20)21/h2,4,8,11,13,17H,3,5-7,9-10H2/t13-/m0/s1. The molecule has 0 aliphatic carbocycles. The molecule has 0 N–H and O–H groups in total. The second-order valence-corrected chi connectivity index (χ2v) is 6.51. The van der Waals surface area contributed by atoms with Gasteiger partial charge in [0.1, 0.15) is 18.3 Å². The largest absolute Gasteiger partial charge is 0.444 e. The van der Waals surface area contributed by atoms with Crippen LogP contribution in [-0.4, -0.2) is 62.1 Å². The number of ketones is 1. The molecular weight excluding hydrogens is 391 g/mol. The van der Waals surface area contributed by atoms with Crippen LogP contribution in [-0.2, 0) is 9.53 Å². The molecule has 1 fully saturated rings. The van der Waals surface area contributed by atoms with E-state index in [0.29, 0.717) is 13.1 Å². The van der Waals surface area contributed by atoms with Crippen LogP contribution in [0.3, 0.4) is 0 Å². The van der Waals surface area contributed by atoms with Crippen molar-refractivity contribution < 1.29 is 27.5 Å². The van der Waals surface area contributed by atoms with E-state index in [1.807, 2.05) is 0 Å². The fraction of sp³-hybridized carbons (Fsp3) is 0.444. The summed E-state index contributed by atoms with van der Waals surface area (Å²) in [6.45, 7) is 7.93. The number of nitrogens with zero attached hydrogens (tertiary/aromatic N) is 5. The van der Waals surface area contributed by atoms with Gasteiger partial charge in [-0.15, -0.1) is 0 Å². The van der Waals surface area contributed by atoms with Crippen molar-refractivity contribution in [1.82, 2.24) is 5.01 Å². The lowest BCUT2D eigenvalue weighted by atomic mass is 10.1. The van der Waals surface area contributed by atoms with Gasteiger partial charge in [-0.1, -0.05) is 0 Å². The molecular formula is C18H18F3N5O3. The van der Waals surface area contributed by atoms with Crippen LogP contribution in [0.25, 0.3) is 4.85 Å². The van der Waals surface area contributed by atoms with Crippen molar-refractivity contribution in [2.45, 2.75) is 25.4 Å². The Morgan fingerprint density at radius 1 is 1.38 bits per heavy atom. The lowest BCUT2D eigenvalue weighted by molar-refractivity contribution is -0.129. The SMILES string of the molecule is [C-]#[N+]CN1CCN(c2ccc(N3C[C@H](CCC(=O)C(F)F)OC3=O)cc2F)C=N1. The highest BCUT2D eigenvalue weighted by Crippen LogP contribution is 2.29. The number of rotatable bonds is 7. The number of carbonyl (C=O) groups is 2. The minimum absolute atomic E-state index is 0.0165. The number of benzene rings is 1. The average molecular weight is 409 g/mol. The third-order valence-corrected chi connectivity index (χ3v) is 4.57. The Labute approximate surface area is 164 Å². The maximum atomic E-state index is 14.6. The van der Waals surface area contributed by atoms with Gasteiger partial charge in [-0.3, -0.25) is 14.5 Å². The van der Waals surface area contributed by atoms with E-state index >= 15 is 0 Å². The van der Waals surface area contributed by atoms with E-state index in [1.54, 1.807) is 16.0 Å². The summed E-state index contributed by atoms with van der Waals surface area (Å²) in [5.41, 5.74) is 0.536. The number of ether oxygens (including phenoxy) is 1. The summed E-state index contributed by atoms with van der Waals surface area (Å²) in [5.74, 6) is -1.77. The van der Waals surface area contributed by atoms with Gasteiger partial charge in [-0.05, 0) is 24.6 Å². The van der Waals surface area contributed by atoms with Crippen LogP contribution in [0.5, 0.6) is 0 Å². The van der Waals surface area contributed by atoms with E-state index in [4.69, 9.17) is 11.3 Å². The van der Waals surface area contributed by atoms with Gasteiger partial charge in [0, 0.05) is 13.0 Å². The molecule has 0 radical (unpaired) electrons. The summed E-state index contributed by atoms with van der Waals surface area (Å²) < 4.78 is 44.3. The molecule has 0 bridgehead atoms. The number of carbonyl (C=O) groups excluding carboxylic acids is 2. The Morgan fingerprint density at radius 2 is 2.17 bits per heavy atom. The highest BCUT2D eigenvalue weighted by atomic mass is 19.3. The van der Waals surface area contributed by atoms with E-state index in [2.05, 4.69) is 9.95 Å². The fourth-order valence-electron chi connectivity index (χ4n) is 3.04. The topological polar surface area (TPSA) is 69.8 Å². The maximum Gasteiger partial charge on any atom is 0.414 e. The Hall–Kier alpha value is -3.29. The van der Waals surface area contributed by atoms with E-state index in [-0.39, 0.29) is 31.0 Å².